The van der Waals surface area contributed by atoms with Gasteiger partial charge in [0.1, 0.15) is 0 Å². The Bertz CT molecular complexity index is 587. The second-order valence-electron chi connectivity index (χ2n) is 3.89. The SMILES string of the molecule is Cc1ccc([N-]O)cc1-c1cnc(C(F)(F)F)nc1.[W]. The zero-order chi connectivity index (χ0) is 14.0. The van der Waals surface area contributed by atoms with E-state index in [1.165, 1.54) is 0 Å². The van der Waals surface area contributed by atoms with Crippen molar-refractivity contribution in [2.45, 2.75) is 13.1 Å². The molecule has 0 aliphatic heterocycles. The summed E-state index contributed by atoms with van der Waals surface area (Å²) in [5.41, 5.74) is 5.20. The first kappa shape index (κ1) is 16.6. The van der Waals surface area contributed by atoms with E-state index in [1.54, 1.807) is 25.1 Å². The normalized spacial score (nSPS) is 10.8. The van der Waals surface area contributed by atoms with Crippen LogP contribution in [0.15, 0.2) is 30.6 Å². The molecule has 1 N–H and O–H groups in total. The van der Waals surface area contributed by atoms with Gasteiger partial charge in [-0.05, 0) is 18.1 Å². The number of halogens is 3. The number of rotatable bonds is 2. The molecule has 1 aromatic carbocycles. The first-order valence-corrected chi connectivity index (χ1v) is 5.27. The van der Waals surface area contributed by atoms with Gasteiger partial charge in [0, 0.05) is 39.0 Å². The van der Waals surface area contributed by atoms with Crippen LogP contribution in [-0.2, 0) is 27.2 Å². The molecule has 0 fully saturated rings. The largest absolute Gasteiger partial charge is 0.565 e. The Morgan fingerprint density at radius 3 is 2.25 bits per heavy atom. The molecule has 0 spiro atoms. The predicted octanol–water partition coefficient (Wildman–Crippen LogP) is 3.86. The molecule has 0 radical (unpaired) electrons. The van der Waals surface area contributed by atoms with E-state index in [2.05, 4.69) is 15.4 Å². The molecular formula is C12H9F3N3OW-. The van der Waals surface area contributed by atoms with Crippen LogP contribution in [0.2, 0.25) is 0 Å². The Morgan fingerprint density at radius 2 is 1.75 bits per heavy atom. The third-order valence-corrected chi connectivity index (χ3v) is 2.55. The summed E-state index contributed by atoms with van der Waals surface area (Å²) in [7, 11) is 0. The Hall–Kier alpha value is -1.46. The molecule has 0 unspecified atom stereocenters. The van der Waals surface area contributed by atoms with Gasteiger partial charge < -0.3 is 10.7 Å². The van der Waals surface area contributed by atoms with Crippen molar-refractivity contribution in [2.24, 2.45) is 0 Å². The van der Waals surface area contributed by atoms with E-state index in [9.17, 15) is 13.2 Å². The molecule has 0 saturated carbocycles. The van der Waals surface area contributed by atoms with Gasteiger partial charge in [0.15, 0.2) is 0 Å². The van der Waals surface area contributed by atoms with Crippen molar-refractivity contribution >= 4 is 5.69 Å². The summed E-state index contributed by atoms with van der Waals surface area (Å²) < 4.78 is 37.0. The van der Waals surface area contributed by atoms with Crippen LogP contribution < -0.4 is 0 Å². The second-order valence-corrected chi connectivity index (χ2v) is 3.89. The van der Waals surface area contributed by atoms with E-state index in [0.29, 0.717) is 16.8 Å². The van der Waals surface area contributed by atoms with Crippen LogP contribution in [0, 0.1) is 6.92 Å². The van der Waals surface area contributed by atoms with Crippen LogP contribution >= 0.6 is 0 Å². The molecule has 0 saturated heterocycles. The van der Waals surface area contributed by atoms with Gasteiger partial charge in [-0.2, -0.15) is 13.2 Å². The van der Waals surface area contributed by atoms with E-state index in [4.69, 9.17) is 5.21 Å². The third-order valence-electron chi connectivity index (χ3n) is 2.55. The van der Waals surface area contributed by atoms with Gasteiger partial charge in [-0.1, -0.05) is 18.2 Å². The quantitative estimate of drug-likeness (QED) is 0.705. The van der Waals surface area contributed by atoms with Crippen LogP contribution in [0.25, 0.3) is 16.6 Å². The van der Waals surface area contributed by atoms with Gasteiger partial charge in [-0.3, -0.25) is 0 Å². The van der Waals surface area contributed by atoms with Crippen molar-refractivity contribution in [3.8, 4) is 11.1 Å². The molecule has 2 aromatic rings. The first-order chi connectivity index (χ1) is 8.91. The van der Waals surface area contributed by atoms with Crippen LogP contribution in [0.3, 0.4) is 0 Å². The maximum atomic E-state index is 12.3. The number of nitrogens with zero attached hydrogens (tertiary/aromatic N) is 3. The van der Waals surface area contributed by atoms with Crippen molar-refractivity contribution in [3.05, 3.63) is 47.5 Å². The number of aromatic nitrogens is 2. The molecule has 106 valence electrons. The Balaban J connectivity index is 0.00000200. The van der Waals surface area contributed by atoms with Gasteiger partial charge in [0.2, 0.25) is 5.82 Å². The molecule has 1 heterocycles. The van der Waals surface area contributed by atoms with Gasteiger partial charge >= 0.3 is 6.18 Å². The van der Waals surface area contributed by atoms with Gasteiger partial charge in [-0.15, -0.1) is 5.69 Å². The van der Waals surface area contributed by atoms with Gasteiger partial charge in [-0.25, -0.2) is 9.97 Å². The number of alkyl halides is 3. The molecule has 0 amide bonds. The molecule has 8 heteroatoms. The van der Waals surface area contributed by atoms with Gasteiger partial charge in [0.05, 0.1) is 0 Å². The minimum absolute atomic E-state index is 0. The number of aryl methyl sites for hydroxylation is 1. The molecule has 4 nitrogen and oxygen atoms in total. The topological polar surface area (TPSA) is 60.1 Å². The number of hydrogen-bond acceptors (Lipinski definition) is 3. The fourth-order valence-corrected chi connectivity index (χ4v) is 1.60. The van der Waals surface area contributed by atoms with E-state index in [0.717, 1.165) is 18.0 Å². The van der Waals surface area contributed by atoms with Crippen molar-refractivity contribution < 1.29 is 39.4 Å². The van der Waals surface area contributed by atoms with Crippen molar-refractivity contribution in [2.75, 3.05) is 0 Å². The second kappa shape index (κ2) is 6.33. The average molecular weight is 452 g/mol. The maximum Gasteiger partial charge on any atom is 0.451 e. The smallest absolute Gasteiger partial charge is 0.451 e. The van der Waals surface area contributed by atoms with E-state index in [-0.39, 0.29) is 21.1 Å². The fourth-order valence-electron chi connectivity index (χ4n) is 1.60. The molecule has 2 rings (SSSR count). The van der Waals surface area contributed by atoms with E-state index in [1.807, 2.05) is 0 Å². The molecule has 0 atom stereocenters. The molecule has 0 aliphatic rings. The first-order valence-electron chi connectivity index (χ1n) is 5.27. The summed E-state index contributed by atoms with van der Waals surface area (Å²) in [6.45, 7) is 1.79. The van der Waals surface area contributed by atoms with Crippen LogP contribution in [0.5, 0.6) is 0 Å². The van der Waals surface area contributed by atoms with Crippen molar-refractivity contribution in [1.29, 1.82) is 0 Å². The average Bonchev–Trinajstić information content (AvgIpc) is 2.38. The Morgan fingerprint density at radius 1 is 1.15 bits per heavy atom. The molecular weight excluding hydrogens is 443 g/mol. The third kappa shape index (κ3) is 3.55. The Labute approximate surface area is 127 Å². The molecule has 1 aromatic heterocycles. The van der Waals surface area contributed by atoms with Gasteiger partial charge in [0.25, 0.3) is 0 Å². The Kier molecular flexibility index (Phi) is 5.25. The summed E-state index contributed by atoms with van der Waals surface area (Å²) in [5, 5.41) is 8.70. The minimum atomic E-state index is -4.56. The minimum Gasteiger partial charge on any atom is -0.565 e. The standard InChI is InChI=1S/C12H9F3N3O.W/c1-7-2-3-9(18-19)4-10(7)8-5-16-11(17-6-8)12(13,14)15;/h2-6,19H,1H3;/q-1;. The number of benzene rings is 1. The summed E-state index contributed by atoms with van der Waals surface area (Å²) in [4.78, 5) is 6.59. The predicted molar refractivity (Wildman–Crippen MR) is 62.0 cm³/mol. The van der Waals surface area contributed by atoms with Crippen LogP contribution in [0.4, 0.5) is 18.9 Å². The van der Waals surface area contributed by atoms with Crippen molar-refractivity contribution in [1.82, 2.24) is 9.97 Å². The van der Waals surface area contributed by atoms with Crippen molar-refractivity contribution in [3.63, 3.8) is 0 Å². The summed E-state index contributed by atoms with van der Waals surface area (Å²) in [5.74, 6) is -1.18. The zero-order valence-corrected chi connectivity index (χ0v) is 13.2. The molecule has 0 aliphatic carbocycles. The molecule has 0 bridgehead atoms. The maximum absolute atomic E-state index is 12.3. The van der Waals surface area contributed by atoms with Crippen LogP contribution in [0.1, 0.15) is 11.4 Å². The molecule has 20 heavy (non-hydrogen) atoms. The zero-order valence-electron chi connectivity index (χ0n) is 10.2. The summed E-state index contributed by atoms with van der Waals surface area (Å²) >= 11 is 0. The summed E-state index contributed by atoms with van der Waals surface area (Å²) in [6.07, 6.45) is -2.37. The number of hydrogen-bond donors (Lipinski definition) is 1. The van der Waals surface area contributed by atoms with E-state index < -0.39 is 12.0 Å². The summed E-state index contributed by atoms with van der Waals surface area (Å²) in [6, 6.07) is 4.83. The fraction of sp³-hybridized carbons (Fsp3) is 0.167. The monoisotopic (exact) mass is 452 g/mol. The van der Waals surface area contributed by atoms with Crippen LogP contribution in [-0.4, -0.2) is 15.2 Å². The van der Waals surface area contributed by atoms with E-state index >= 15 is 0 Å².